The van der Waals surface area contributed by atoms with E-state index in [4.69, 9.17) is 14.2 Å². The summed E-state index contributed by atoms with van der Waals surface area (Å²) in [5.74, 6) is 0.867. The standard InChI is InChI=1S/C28H37NO5/c1-6-32-25(30)17-14-20-12-15-21(16-13-20)33-24-11-7-9-22(19(24)2)26-23(10-8-18-29-26)27(31)34-28(3,4)5/h7-11,18,20-21H,6,12-17H2,1-5H3. The number of esters is 2. The average Bonchev–Trinajstić information content (AvgIpc) is 2.79. The monoisotopic (exact) mass is 467 g/mol. The molecule has 184 valence electrons. The number of carbonyl (C=O) groups is 2. The maximum Gasteiger partial charge on any atom is 0.340 e. The van der Waals surface area contributed by atoms with Crippen LogP contribution in [-0.2, 0) is 14.3 Å². The fourth-order valence-electron chi connectivity index (χ4n) is 4.39. The SMILES string of the molecule is CCOC(=O)CCC1CCC(Oc2cccc(-c3ncccc3C(=O)OC(C)(C)C)c2C)CC1. The summed E-state index contributed by atoms with van der Waals surface area (Å²) in [6.07, 6.45) is 7.23. The molecule has 0 radical (unpaired) electrons. The number of pyridine rings is 1. The molecule has 6 nitrogen and oxygen atoms in total. The molecule has 1 aliphatic rings. The van der Waals surface area contributed by atoms with Crippen molar-refractivity contribution < 1.29 is 23.8 Å². The van der Waals surface area contributed by atoms with E-state index in [9.17, 15) is 9.59 Å². The molecule has 0 spiro atoms. The van der Waals surface area contributed by atoms with Gasteiger partial charge in [0, 0.05) is 23.7 Å². The molecule has 0 amide bonds. The number of aromatic nitrogens is 1. The van der Waals surface area contributed by atoms with Crippen LogP contribution in [0.15, 0.2) is 36.5 Å². The third-order valence-electron chi connectivity index (χ3n) is 6.12. The van der Waals surface area contributed by atoms with Crippen LogP contribution < -0.4 is 4.74 Å². The first-order valence-corrected chi connectivity index (χ1v) is 12.3. The molecule has 0 N–H and O–H groups in total. The van der Waals surface area contributed by atoms with Crippen molar-refractivity contribution in [1.29, 1.82) is 0 Å². The molecule has 34 heavy (non-hydrogen) atoms. The number of carbonyl (C=O) groups excluding carboxylic acids is 2. The maximum atomic E-state index is 12.8. The van der Waals surface area contributed by atoms with Gasteiger partial charge < -0.3 is 14.2 Å². The molecule has 6 heteroatoms. The molecule has 0 aliphatic heterocycles. The Morgan fingerprint density at radius 2 is 1.79 bits per heavy atom. The van der Waals surface area contributed by atoms with Crippen molar-refractivity contribution in [2.24, 2.45) is 5.92 Å². The highest BCUT2D eigenvalue weighted by molar-refractivity contribution is 5.96. The van der Waals surface area contributed by atoms with Crippen molar-refractivity contribution in [2.45, 2.75) is 84.8 Å². The van der Waals surface area contributed by atoms with Gasteiger partial charge in [0.1, 0.15) is 11.4 Å². The summed E-state index contributed by atoms with van der Waals surface area (Å²) >= 11 is 0. The van der Waals surface area contributed by atoms with Gasteiger partial charge in [0.25, 0.3) is 0 Å². The highest BCUT2D eigenvalue weighted by atomic mass is 16.6. The van der Waals surface area contributed by atoms with Crippen LogP contribution in [0.2, 0.25) is 0 Å². The van der Waals surface area contributed by atoms with E-state index in [1.54, 1.807) is 18.3 Å². The predicted molar refractivity (Wildman–Crippen MR) is 132 cm³/mol. The maximum absolute atomic E-state index is 12.8. The number of hydrogen-bond acceptors (Lipinski definition) is 6. The van der Waals surface area contributed by atoms with Crippen LogP contribution in [-0.4, -0.2) is 35.2 Å². The van der Waals surface area contributed by atoms with Crippen LogP contribution in [0.4, 0.5) is 0 Å². The first-order valence-electron chi connectivity index (χ1n) is 12.3. The van der Waals surface area contributed by atoms with E-state index >= 15 is 0 Å². The minimum absolute atomic E-state index is 0.103. The molecular formula is C28H37NO5. The van der Waals surface area contributed by atoms with E-state index < -0.39 is 5.60 Å². The molecule has 1 saturated carbocycles. The van der Waals surface area contributed by atoms with E-state index in [-0.39, 0.29) is 18.0 Å². The van der Waals surface area contributed by atoms with Crippen LogP contribution in [0.25, 0.3) is 11.3 Å². The average molecular weight is 468 g/mol. The van der Waals surface area contributed by atoms with E-state index in [0.29, 0.717) is 30.2 Å². The zero-order valence-electron chi connectivity index (χ0n) is 21.1. The summed E-state index contributed by atoms with van der Waals surface area (Å²) in [6.45, 7) is 9.84. The van der Waals surface area contributed by atoms with Gasteiger partial charge >= 0.3 is 11.9 Å². The minimum Gasteiger partial charge on any atom is -0.490 e. The molecule has 0 atom stereocenters. The molecular weight excluding hydrogens is 430 g/mol. The number of nitrogens with zero attached hydrogens (tertiary/aromatic N) is 1. The molecule has 1 aromatic carbocycles. The summed E-state index contributed by atoms with van der Waals surface area (Å²) < 4.78 is 17.0. The van der Waals surface area contributed by atoms with E-state index in [2.05, 4.69) is 4.98 Å². The largest absolute Gasteiger partial charge is 0.490 e. The lowest BCUT2D eigenvalue weighted by Gasteiger charge is -2.29. The van der Waals surface area contributed by atoms with Crippen molar-refractivity contribution in [2.75, 3.05) is 6.61 Å². The first kappa shape index (κ1) is 25.7. The summed E-state index contributed by atoms with van der Waals surface area (Å²) in [5.41, 5.74) is 2.28. The Hall–Kier alpha value is -2.89. The Kier molecular flexibility index (Phi) is 8.70. The fourth-order valence-corrected chi connectivity index (χ4v) is 4.39. The lowest BCUT2D eigenvalue weighted by molar-refractivity contribution is -0.143. The van der Waals surface area contributed by atoms with E-state index in [1.807, 2.05) is 52.8 Å². The number of rotatable bonds is 8. The summed E-state index contributed by atoms with van der Waals surface area (Å²) in [5, 5.41) is 0. The molecule has 2 aromatic rings. The number of hydrogen-bond donors (Lipinski definition) is 0. The molecule has 1 heterocycles. The Labute approximate surface area is 203 Å². The smallest absolute Gasteiger partial charge is 0.340 e. The highest BCUT2D eigenvalue weighted by Gasteiger charge is 2.25. The highest BCUT2D eigenvalue weighted by Crippen LogP contribution is 2.35. The third kappa shape index (κ3) is 7.05. The second kappa shape index (κ2) is 11.5. The topological polar surface area (TPSA) is 74.7 Å². The second-order valence-corrected chi connectivity index (χ2v) is 9.93. The van der Waals surface area contributed by atoms with E-state index in [1.165, 1.54) is 0 Å². The van der Waals surface area contributed by atoms with Crippen LogP contribution >= 0.6 is 0 Å². The molecule has 1 aliphatic carbocycles. The normalized spacial score (nSPS) is 18.3. The van der Waals surface area contributed by atoms with Crippen molar-refractivity contribution >= 4 is 11.9 Å². The quantitative estimate of drug-likeness (QED) is 0.425. The van der Waals surface area contributed by atoms with Gasteiger partial charge in [-0.15, -0.1) is 0 Å². The van der Waals surface area contributed by atoms with Gasteiger partial charge in [-0.25, -0.2) is 4.79 Å². The lowest BCUT2D eigenvalue weighted by atomic mass is 9.84. The molecule has 0 unspecified atom stereocenters. The molecule has 0 saturated heterocycles. The zero-order chi connectivity index (χ0) is 24.7. The summed E-state index contributed by atoms with van der Waals surface area (Å²) in [6, 6.07) is 9.38. The van der Waals surface area contributed by atoms with Gasteiger partial charge in [-0.1, -0.05) is 12.1 Å². The number of ether oxygens (including phenoxy) is 3. The van der Waals surface area contributed by atoms with Gasteiger partial charge in [-0.2, -0.15) is 0 Å². The summed E-state index contributed by atoms with van der Waals surface area (Å²) in [4.78, 5) is 29.0. The Bertz CT molecular complexity index is 987. The van der Waals surface area contributed by atoms with Gasteiger partial charge in [-0.3, -0.25) is 9.78 Å². The molecule has 1 fully saturated rings. The van der Waals surface area contributed by atoms with Gasteiger partial charge in [0.05, 0.1) is 24.0 Å². The minimum atomic E-state index is -0.584. The van der Waals surface area contributed by atoms with Crippen molar-refractivity contribution in [3.63, 3.8) is 0 Å². The molecule has 0 bridgehead atoms. The lowest BCUT2D eigenvalue weighted by Crippen LogP contribution is -2.25. The zero-order valence-corrected chi connectivity index (χ0v) is 21.1. The van der Waals surface area contributed by atoms with E-state index in [0.717, 1.165) is 49.0 Å². The third-order valence-corrected chi connectivity index (χ3v) is 6.12. The number of benzene rings is 1. The van der Waals surface area contributed by atoms with Crippen molar-refractivity contribution in [3.05, 3.63) is 47.7 Å². The van der Waals surface area contributed by atoms with Crippen LogP contribution in [0, 0.1) is 12.8 Å². The Balaban J connectivity index is 1.68. The van der Waals surface area contributed by atoms with Gasteiger partial charge in [-0.05, 0) is 90.8 Å². The van der Waals surface area contributed by atoms with Crippen molar-refractivity contribution in [3.8, 4) is 17.0 Å². The fraction of sp³-hybridized carbons (Fsp3) is 0.536. The molecule has 1 aromatic heterocycles. The van der Waals surface area contributed by atoms with Crippen LogP contribution in [0.3, 0.4) is 0 Å². The van der Waals surface area contributed by atoms with Crippen LogP contribution in [0.1, 0.15) is 82.1 Å². The second-order valence-electron chi connectivity index (χ2n) is 9.93. The first-order chi connectivity index (χ1) is 16.2. The van der Waals surface area contributed by atoms with Crippen molar-refractivity contribution in [1.82, 2.24) is 4.98 Å². The van der Waals surface area contributed by atoms with Gasteiger partial charge in [0.2, 0.25) is 0 Å². The Morgan fingerprint density at radius 3 is 2.47 bits per heavy atom. The summed E-state index contributed by atoms with van der Waals surface area (Å²) in [7, 11) is 0. The Morgan fingerprint density at radius 1 is 1.06 bits per heavy atom. The van der Waals surface area contributed by atoms with Gasteiger partial charge in [0.15, 0.2) is 0 Å². The van der Waals surface area contributed by atoms with Crippen LogP contribution in [0.5, 0.6) is 5.75 Å². The predicted octanol–water partition coefficient (Wildman–Crippen LogP) is 6.29. The molecule has 3 rings (SSSR count).